The molecule has 0 radical (unpaired) electrons. The maximum atomic E-state index is 12.3. The van der Waals surface area contributed by atoms with Crippen molar-refractivity contribution in [3.8, 4) is 5.75 Å². The predicted molar refractivity (Wildman–Crippen MR) is 92.8 cm³/mol. The third-order valence-corrected chi connectivity index (χ3v) is 3.55. The van der Waals surface area contributed by atoms with Crippen LogP contribution in [0.1, 0.15) is 29.8 Å². The number of nitrogens with two attached hydrogens (primary N) is 1. The van der Waals surface area contributed by atoms with Crippen molar-refractivity contribution >= 4 is 17.5 Å². The number of hydrogen-bond acceptors (Lipinski definition) is 3. The van der Waals surface area contributed by atoms with E-state index < -0.39 is 5.54 Å². The minimum absolute atomic E-state index is 0.210. The van der Waals surface area contributed by atoms with E-state index in [1.54, 1.807) is 18.2 Å². The fraction of sp³-hybridized carbons (Fsp3) is 0.278. The van der Waals surface area contributed by atoms with Gasteiger partial charge in [-0.1, -0.05) is 41.9 Å². The van der Waals surface area contributed by atoms with E-state index in [0.29, 0.717) is 29.5 Å². The molecule has 0 aliphatic rings. The summed E-state index contributed by atoms with van der Waals surface area (Å²) in [7, 11) is 0. The molecule has 122 valence electrons. The standard InChI is InChI=1S/C18H21ClN2O2/c1-18(2,20)12-21-17(22)14-8-4-6-10-16(14)23-11-13-7-3-5-9-15(13)19/h3-10H,11-12,20H2,1-2H3,(H,21,22). The summed E-state index contributed by atoms with van der Waals surface area (Å²) in [5.41, 5.74) is 6.77. The van der Waals surface area contributed by atoms with Gasteiger partial charge >= 0.3 is 0 Å². The van der Waals surface area contributed by atoms with Crippen LogP contribution in [0.4, 0.5) is 0 Å². The van der Waals surface area contributed by atoms with Crippen LogP contribution >= 0.6 is 11.6 Å². The van der Waals surface area contributed by atoms with Gasteiger partial charge < -0.3 is 15.8 Å². The highest BCUT2D eigenvalue weighted by molar-refractivity contribution is 6.31. The molecule has 0 aromatic heterocycles. The van der Waals surface area contributed by atoms with Gasteiger partial charge in [-0.3, -0.25) is 4.79 Å². The van der Waals surface area contributed by atoms with Gasteiger partial charge in [0.2, 0.25) is 0 Å². The average molecular weight is 333 g/mol. The lowest BCUT2D eigenvalue weighted by atomic mass is 10.1. The summed E-state index contributed by atoms with van der Waals surface area (Å²) in [5.74, 6) is 0.304. The molecule has 0 fully saturated rings. The van der Waals surface area contributed by atoms with Gasteiger partial charge in [-0.2, -0.15) is 0 Å². The first kappa shape index (κ1) is 17.3. The first-order valence-electron chi connectivity index (χ1n) is 7.39. The van der Waals surface area contributed by atoms with Gasteiger partial charge in [0.05, 0.1) is 5.56 Å². The third kappa shape index (κ3) is 5.27. The number of halogens is 1. The minimum atomic E-state index is -0.469. The van der Waals surface area contributed by atoms with Crippen LogP contribution in [-0.4, -0.2) is 18.0 Å². The van der Waals surface area contributed by atoms with Gasteiger partial charge in [0.25, 0.3) is 5.91 Å². The molecule has 0 saturated heterocycles. The summed E-state index contributed by atoms with van der Waals surface area (Å²) < 4.78 is 5.78. The van der Waals surface area contributed by atoms with E-state index in [0.717, 1.165) is 5.56 Å². The first-order chi connectivity index (χ1) is 10.9. The smallest absolute Gasteiger partial charge is 0.255 e. The Morgan fingerprint density at radius 1 is 1.17 bits per heavy atom. The molecule has 0 heterocycles. The van der Waals surface area contributed by atoms with Crippen LogP contribution in [0.3, 0.4) is 0 Å². The molecule has 0 bridgehead atoms. The van der Waals surface area contributed by atoms with Crippen molar-refractivity contribution in [2.45, 2.75) is 26.0 Å². The second-order valence-corrected chi connectivity index (χ2v) is 6.45. The van der Waals surface area contributed by atoms with Gasteiger partial charge in [0, 0.05) is 22.7 Å². The Labute approximate surface area is 141 Å². The number of nitrogens with one attached hydrogen (secondary N) is 1. The number of carbonyl (C=O) groups is 1. The molecule has 23 heavy (non-hydrogen) atoms. The molecule has 0 spiro atoms. The minimum Gasteiger partial charge on any atom is -0.488 e. The van der Waals surface area contributed by atoms with Gasteiger partial charge in [0.15, 0.2) is 0 Å². The van der Waals surface area contributed by atoms with Crippen LogP contribution in [0, 0.1) is 0 Å². The summed E-state index contributed by atoms with van der Waals surface area (Å²) in [6.07, 6.45) is 0. The van der Waals surface area contributed by atoms with E-state index in [-0.39, 0.29) is 5.91 Å². The topological polar surface area (TPSA) is 64.3 Å². The fourth-order valence-corrected chi connectivity index (χ4v) is 2.14. The van der Waals surface area contributed by atoms with Crippen molar-refractivity contribution in [1.82, 2.24) is 5.32 Å². The number of amides is 1. The second kappa shape index (κ2) is 7.49. The van der Waals surface area contributed by atoms with Gasteiger partial charge in [-0.05, 0) is 32.0 Å². The number of ether oxygens (including phenoxy) is 1. The number of rotatable bonds is 6. The molecule has 0 aliphatic heterocycles. The Balaban J connectivity index is 2.08. The Morgan fingerprint density at radius 2 is 1.83 bits per heavy atom. The second-order valence-electron chi connectivity index (χ2n) is 6.05. The van der Waals surface area contributed by atoms with Crippen molar-refractivity contribution in [2.24, 2.45) is 5.73 Å². The molecule has 2 aromatic rings. The summed E-state index contributed by atoms with van der Waals surface area (Å²) in [5, 5.41) is 3.46. The number of benzene rings is 2. The SMILES string of the molecule is CC(C)(N)CNC(=O)c1ccccc1OCc1ccccc1Cl. The zero-order chi connectivity index (χ0) is 16.9. The van der Waals surface area contributed by atoms with E-state index in [1.807, 2.05) is 44.2 Å². The third-order valence-electron chi connectivity index (χ3n) is 3.18. The lowest BCUT2D eigenvalue weighted by Crippen LogP contribution is -2.45. The summed E-state index contributed by atoms with van der Waals surface area (Å²) in [6.45, 7) is 4.39. The Morgan fingerprint density at radius 3 is 2.52 bits per heavy atom. The van der Waals surface area contributed by atoms with E-state index in [4.69, 9.17) is 22.1 Å². The van der Waals surface area contributed by atoms with Crippen molar-refractivity contribution in [1.29, 1.82) is 0 Å². The van der Waals surface area contributed by atoms with E-state index in [1.165, 1.54) is 0 Å². The molecular formula is C18H21ClN2O2. The first-order valence-corrected chi connectivity index (χ1v) is 7.77. The number of para-hydroxylation sites is 1. The van der Waals surface area contributed by atoms with Crippen LogP contribution in [0.15, 0.2) is 48.5 Å². The summed E-state index contributed by atoms with van der Waals surface area (Å²) in [6, 6.07) is 14.6. The largest absolute Gasteiger partial charge is 0.488 e. The van der Waals surface area contributed by atoms with Crippen LogP contribution < -0.4 is 15.8 Å². The van der Waals surface area contributed by atoms with Crippen molar-refractivity contribution in [2.75, 3.05) is 6.54 Å². The van der Waals surface area contributed by atoms with Crippen molar-refractivity contribution < 1.29 is 9.53 Å². The monoisotopic (exact) mass is 332 g/mol. The van der Waals surface area contributed by atoms with E-state index >= 15 is 0 Å². The maximum absolute atomic E-state index is 12.3. The Bertz CT molecular complexity index is 681. The molecule has 0 unspecified atom stereocenters. The van der Waals surface area contributed by atoms with Crippen LogP contribution in [0.2, 0.25) is 5.02 Å². The molecule has 4 nitrogen and oxygen atoms in total. The van der Waals surface area contributed by atoms with Crippen LogP contribution in [0.25, 0.3) is 0 Å². The van der Waals surface area contributed by atoms with Gasteiger partial charge in [-0.25, -0.2) is 0 Å². The van der Waals surface area contributed by atoms with Crippen molar-refractivity contribution in [3.05, 3.63) is 64.7 Å². The molecule has 5 heteroatoms. The Kier molecular flexibility index (Phi) is 5.64. The molecule has 1 amide bonds. The normalized spacial score (nSPS) is 11.1. The number of hydrogen-bond donors (Lipinski definition) is 2. The maximum Gasteiger partial charge on any atom is 0.255 e. The molecule has 2 rings (SSSR count). The van der Waals surface area contributed by atoms with Crippen LogP contribution in [-0.2, 0) is 6.61 Å². The van der Waals surface area contributed by atoms with Crippen LogP contribution in [0.5, 0.6) is 5.75 Å². The predicted octanol–water partition coefficient (Wildman–Crippen LogP) is 3.39. The zero-order valence-corrected chi connectivity index (χ0v) is 14.1. The highest BCUT2D eigenvalue weighted by atomic mass is 35.5. The Hall–Kier alpha value is -2.04. The summed E-state index contributed by atoms with van der Waals surface area (Å²) in [4.78, 5) is 12.3. The number of carbonyl (C=O) groups excluding carboxylic acids is 1. The fourth-order valence-electron chi connectivity index (χ4n) is 1.95. The molecular weight excluding hydrogens is 312 g/mol. The average Bonchev–Trinajstić information content (AvgIpc) is 2.51. The molecule has 0 saturated carbocycles. The lowest BCUT2D eigenvalue weighted by Gasteiger charge is -2.19. The van der Waals surface area contributed by atoms with Crippen molar-refractivity contribution in [3.63, 3.8) is 0 Å². The molecule has 3 N–H and O–H groups in total. The van der Waals surface area contributed by atoms with E-state index in [9.17, 15) is 4.79 Å². The molecule has 0 atom stereocenters. The quantitative estimate of drug-likeness (QED) is 0.852. The highest BCUT2D eigenvalue weighted by Gasteiger charge is 2.16. The van der Waals surface area contributed by atoms with Gasteiger partial charge in [-0.15, -0.1) is 0 Å². The molecule has 2 aromatic carbocycles. The lowest BCUT2D eigenvalue weighted by molar-refractivity contribution is 0.0941. The van der Waals surface area contributed by atoms with E-state index in [2.05, 4.69) is 5.32 Å². The van der Waals surface area contributed by atoms with Gasteiger partial charge in [0.1, 0.15) is 12.4 Å². The summed E-state index contributed by atoms with van der Waals surface area (Å²) >= 11 is 6.12. The zero-order valence-electron chi connectivity index (χ0n) is 13.3. The molecule has 0 aliphatic carbocycles. The highest BCUT2D eigenvalue weighted by Crippen LogP contribution is 2.22.